The number of rotatable bonds is 5. The van der Waals surface area contributed by atoms with Gasteiger partial charge in [0.2, 0.25) is 0 Å². The molecule has 0 unspecified atom stereocenters. The first kappa shape index (κ1) is 13.7. The number of thiophene rings is 1. The minimum Gasteiger partial charge on any atom is -0.478 e. The Kier molecular flexibility index (Phi) is 4.06. The molecule has 8 heteroatoms. The van der Waals surface area contributed by atoms with Gasteiger partial charge in [-0.3, -0.25) is 15.5 Å². The van der Waals surface area contributed by atoms with Crippen LogP contribution in [0.3, 0.4) is 0 Å². The summed E-state index contributed by atoms with van der Waals surface area (Å²) in [6.45, 7) is 0. The number of aromatic carboxylic acids is 1. The molecule has 2 rings (SSSR count). The summed E-state index contributed by atoms with van der Waals surface area (Å²) in [7, 11) is 0. The predicted molar refractivity (Wildman–Crippen MR) is 75.6 cm³/mol. The van der Waals surface area contributed by atoms with Crippen molar-refractivity contribution in [1.82, 2.24) is 0 Å². The zero-order valence-electron chi connectivity index (χ0n) is 10.0. The Labute approximate surface area is 117 Å². The van der Waals surface area contributed by atoms with Gasteiger partial charge in [0.25, 0.3) is 0 Å². The molecule has 0 atom stereocenters. The molecule has 1 aromatic heterocycles. The lowest BCUT2D eigenvalue weighted by Gasteiger charge is -1.99. The van der Waals surface area contributed by atoms with Gasteiger partial charge >= 0.3 is 11.0 Å². The molecule has 0 bridgehead atoms. The van der Waals surface area contributed by atoms with Crippen LogP contribution in [0, 0.1) is 10.1 Å². The van der Waals surface area contributed by atoms with E-state index >= 15 is 0 Å². The highest BCUT2D eigenvalue weighted by Gasteiger charge is 2.07. The Morgan fingerprint density at radius 1 is 1.30 bits per heavy atom. The molecule has 7 nitrogen and oxygen atoms in total. The lowest BCUT2D eigenvalue weighted by Crippen LogP contribution is -1.96. The van der Waals surface area contributed by atoms with Crippen LogP contribution in [-0.2, 0) is 0 Å². The van der Waals surface area contributed by atoms with Gasteiger partial charge in [0.05, 0.1) is 27.3 Å². The normalized spacial score (nSPS) is 10.6. The van der Waals surface area contributed by atoms with Gasteiger partial charge in [0, 0.05) is 6.07 Å². The number of carboxylic acid groups (broad SMARTS) is 1. The number of carbonyl (C=O) groups is 1. The van der Waals surface area contributed by atoms with E-state index in [0.717, 1.165) is 11.3 Å². The highest BCUT2D eigenvalue weighted by Crippen LogP contribution is 2.22. The van der Waals surface area contributed by atoms with E-state index in [1.165, 1.54) is 24.4 Å². The number of nitrogens with one attached hydrogen (secondary N) is 1. The lowest BCUT2D eigenvalue weighted by molar-refractivity contribution is -0.380. The maximum atomic E-state index is 10.7. The molecule has 0 fully saturated rings. The van der Waals surface area contributed by atoms with E-state index in [9.17, 15) is 14.9 Å². The van der Waals surface area contributed by atoms with Crippen molar-refractivity contribution in [3.8, 4) is 0 Å². The smallest absolute Gasteiger partial charge is 0.335 e. The first-order valence-corrected chi connectivity index (χ1v) is 6.24. The van der Waals surface area contributed by atoms with E-state index < -0.39 is 10.9 Å². The van der Waals surface area contributed by atoms with E-state index in [0.29, 0.717) is 10.6 Å². The molecule has 0 spiro atoms. The molecular formula is C12H9N3O4S. The molecule has 1 heterocycles. The average Bonchev–Trinajstić information content (AvgIpc) is 2.88. The number of hydrogen-bond donors (Lipinski definition) is 2. The monoisotopic (exact) mass is 291 g/mol. The molecule has 0 aliphatic heterocycles. The van der Waals surface area contributed by atoms with Gasteiger partial charge in [0.15, 0.2) is 0 Å². The van der Waals surface area contributed by atoms with E-state index in [1.807, 2.05) is 0 Å². The van der Waals surface area contributed by atoms with Crippen molar-refractivity contribution in [3.63, 3.8) is 0 Å². The number of hydrazone groups is 1. The fraction of sp³-hybridized carbons (Fsp3) is 0. The average molecular weight is 291 g/mol. The fourth-order valence-electron chi connectivity index (χ4n) is 1.37. The quantitative estimate of drug-likeness (QED) is 0.500. The topological polar surface area (TPSA) is 105 Å². The minimum absolute atomic E-state index is 0.0530. The molecule has 2 aromatic rings. The second-order valence-electron chi connectivity index (χ2n) is 3.69. The summed E-state index contributed by atoms with van der Waals surface area (Å²) in [5.41, 5.74) is 3.52. The van der Waals surface area contributed by atoms with Gasteiger partial charge in [-0.05, 0) is 30.3 Å². The number of nitrogens with zero attached hydrogens (tertiary/aromatic N) is 2. The van der Waals surface area contributed by atoms with Crippen molar-refractivity contribution < 1.29 is 14.8 Å². The molecular weight excluding hydrogens is 282 g/mol. The maximum absolute atomic E-state index is 10.7. The second-order valence-corrected chi connectivity index (χ2v) is 4.78. The Bertz CT molecular complexity index is 664. The van der Waals surface area contributed by atoms with Crippen molar-refractivity contribution in [2.75, 3.05) is 5.43 Å². The van der Waals surface area contributed by atoms with Gasteiger partial charge in [-0.25, -0.2) is 4.79 Å². The van der Waals surface area contributed by atoms with E-state index in [4.69, 9.17) is 5.11 Å². The van der Waals surface area contributed by atoms with Crippen LogP contribution in [0.1, 0.15) is 15.2 Å². The van der Waals surface area contributed by atoms with Crippen LogP contribution in [0.5, 0.6) is 0 Å². The van der Waals surface area contributed by atoms with E-state index in [1.54, 1.807) is 18.2 Å². The first-order valence-electron chi connectivity index (χ1n) is 5.43. The van der Waals surface area contributed by atoms with Crippen LogP contribution < -0.4 is 5.43 Å². The first-order chi connectivity index (χ1) is 9.56. The van der Waals surface area contributed by atoms with Gasteiger partial charge in [-0.1, -0.05) is 11.3 Å². The zero-order valence-corrected chi connectivity index (χ0v) is 10.8. The largest absolute Gasteiger partial charge is 0.478 e. The summed E-state index contributed by atoms with van der Waals surface area (Å²) in [5.74, 6) is -0.994. The standard InChI is InChI=1S/C12H9N3O4S/c16-12(17)8-1-3-9(4-2-8)14-13-7-10-5-6-11(20-10)15(18)19/h1-7,14H,(H,16,17)/b13-7+. The van der Waals surface area contributed by atoms with Crippen LogP contribution >= 0.6 is 11.3 Å². The third kappa shape index (κ3) is 3.39. The molecule has 0 saturated carbocycles. The maximum Gasteiger partial charge on any atom is 0.335 e. The van der Waals surface area contributed by atoms with Crippen molar-refractivity contribution in [2.24, 2.45) is 5.10 Å². The Morgan fingerprint density at radius 3 is 2.55 bits per heavy atom. The van der Waals surface area contributed by atoms with Crippen LogP contribution in [0.4, 0.5) is 10.7 Å². The van der Waals surface area contributed by atoms with Gasteiger partial charge in [-0.15, -0.1) is 0 Å². The molecule has 0 aliphatic rings. The van der Waals surface area contributed by atoms with Crippen LogP contribution in [0.15, 0.2) is 41.5 Å². The summed E-state index contributed by atoms with van der Waals surface area (Å²) >= 11 is 1.02. The summed E-state index contributed by atoms with van der Waals surface area (Å²) in [4.78, 5) is 21.4. The Balaban J connectivity index is 1.98. The summed E-state index contributed by atoms with van der Waals surface area (Å²) in [6.07, 6.45) is 1.46. The van der Waals surface area contributed by atoms with Crippen LogP contribution in [0.25, 0.3) is 0 Å². The summed E-state index contributed by atoms with van der Waals surface area (Å²) in [5, 5.41) is 23.2. The third-order valence-corrected chi connectivity index (χ3v) is 3.28. The van der Waals surface area contributed by atoms with Crippen molar-refractivity contribution in [1.29, 1.82) is 0 Å². The fourth-order valence-corrected chi connectivity index (χ4v) is 2.06. The molecule has 0 saturated heterocycles. The second kappa shape index (κ2) is 5.93. The lowest BCUT2D eigenvalue weighted by atomic mass is 10.2. The predicted octanol–water partition coefficient (Wildman–Crippen LogP) is 2.80. The Morgan fingerprint density at radius 2 is 2.00 bits per heavy atom. The number of carboxylic acids is 1. The molecule has 20 heavy (non-hydrogen) atoms. The van der Waals surface area contributed by atoms with Gasteiger partial charge in [-0.2, -0.15) is 5.10 Å². The number of hydrogen-bond acceptors (Lipinski definition) is 6. The SMILES string of the molecule is O=C(O)c1ccc(N/N=C/c2ccc([N+](=O)[O-])s2)cc1. The van der Waals surface area contributed by atoms with E-state index in [-0.39, 0.29) is 10.6 Å². The number of anilines is 1. The van der Waals surface area contributed by atoms with Crippen molar-refractivity contribution in [3.05, 3.63) is 57.0 Å². The molecule has 0 amide bonds. The Hall–Kier alpha value is -2.74. The number of benzene rings is 1. The van der Waals surface area contributed by atoms with Crippen LogP contribution in [0.2, 0.25) is 0 Å². The highest BCUT2D eigenvalue weighted by molar-refractivity contribution is 7.16. The van der Waals surface area contributed by atoms with Crippen LogP contribution in [-0.4, -0.2) is 22.2 Å². The number of nitro groups is 1. The summed E-state index contributed by atoms with van der Waals surface area (Å²) < 4.78 is 0. The zero-order chi connectivity index (χ0) is 14.5. The molecule has 2 N–H and O–H groups in total. The molecule has 1 aromatic carbocycles. The van der Waals surface area contributed by atoms with Gasteiger partial charge in [0.1, 0.15) is 0 Å². The van der Waals surface area contributed by atoms with E-state index in [2.05, 4.69) is 10.5 Å². The third-order valence-electron chi connectivity index (χ3n) is 2.31. The molecule has 102 valence electrons. The van der Waals surface area contributed by atoms with Gasteiger partial charge < -0.3 is 5.11 Å². The summed E-state index contributed by atoms with van der Waals surface area (Å²) in [6, 6.07) is 9.08. The minimum atomic E-state index is -0.994. The molecule has 0 radical (unpaired) electrons. The molecule has 0 aliphatic carbocycles. The highest BCUT2D eigenvalue weighted by atomic mass is 32.1. The van der Waals surface area contributed by atoms with Crippen molar-refractivity contribution >= 4 is 34.2 Å². The van der Waals surface area contributed by atoms with Crippen molar-refractivity contribution in [2.45, 2.75) is 0 Å².